The summed E-state index contributed by atoms with van der Waals surface area (Å²) in [6, 6.07) is 9.45. The molecule has 0 aromatic heterocycles. The van der Waals surface area contributed by atoms with Gasteiger partial charge in [0.15, 0.2) is 0 Å². The van der Waals surface area contributed by atoms with Crippen LogP contribution in [0.3, 0.4) is 0 Å². The fourth-order valence-electron chi connectivity index (χ4n) is 2.24. The number of benzene rings is 2. The second-order valence-corrected chi connectivity index (χ2v) is 6.91. The topological polar surface area (TPSA) is 58.2 Å². The summed E-state index contributed by atoms with van der Waals surface area (Å²) in [4.78, 5) is 25.0. The first kappa shape index (κ1) is 20.5. The third-order valence-corrected chi connectivity index (χ3v) is 4.37. The van der Waals surface area contributed by atoms with Crippen molar-refractivity contribution < 1.29 is 22.8 Å². The molecule has 0 heterocycles. The molecule has 27 heavy (non-hydrogen) atoms. The monoisotopic (exact) mass is 378 g/mol. The lowest BCUT2D eigenvalue weighted by atomic mass is 9.90. The molecule has 0 unspecified atom stereocenters. The van der Waals surface area contributed by atoms with Crippen LogP contribution in [0, 0.1) is 19.3 Å². The number of carbonyl (C=O) groups excluding carboxylic acids is 2. The Hall–Kier alpha value is -2.83. The van der Waals surface area contributed by atoms with Gasteiger partial charge in [-0.1, -0.05) is 6.07 Å². The van der Waals surface area contributed by atoms with E-state index in [1.54, 1.807) is 12.1 Å². The number of aryl methyl sites for hydroxylation is 2. The minimum atomic E-state index is -4.45. The highest BCUT2D eigenvalue weighted by atomic mass is 19.4. The lowest BCUT2D eigenvalue weighted by molar-refractivity contribution is -0.137. The van der Waals surface area contributed by atoms with E-state index in [0.717, 1.165) is 35.4 Å². The van der Waals surface area contributed by atoms with Crippen molar-refractivity contribution in [3.8, 4) is 0 Å². The predicted molar refractivity (Wildman–Crippen MR) is 98.4 cm³/mol. The number of anilines is 2. The van der Waals surface area contributed by atoms with E-state index in [1.165, 1.54) is 13.8 Å². The van der Waals surface area contributed by atoms with Gasteiger partial charge in [-0.25, -0.2) is 0 Å². The predicted octanol–water partition coefficient (Wildman–Crippen LogP) is 4.93. The van der Waals surface area contributed by atoms with Crippen molar-refractivity contribution in [3.63, 3.8) is 0 Å². The molecule has 144 valence electrons. The fourth-order valence-corrected chi connectivity index (χ4v) is 2.24. The molecule has 2 N–H and O–H groups in total. The average molecular weight is 378 g/mol. The van der Waals surface area contributed by atoms with Crippen molar-refractivity contribution >= 4 is 23.2 Å². The molecule has 2 aromatic rings. The molecule has 2 amide bonds. The van der Waals surface area contributed by atoms with Crippen molar-refractivity contribution in [1.29, 1.82) is 0 Å². The Morgan fingerprint density at radius 3 is 1.74 bits per heavy atom. The minimum absolute atomic E-state index is 0.181. The van der Waals surface area contributed by atoms with Gasteiger partial charge in [0, 0.05) is 11.4 Å². The van der Waals surface area contributed by atoms with Gasteiger partial charge < -0.3 is 10.6 Å². The van der Waals surface area contributed by atoms with E-state index in [-0.39, 0.29) is 5.69 Å². The quantitative estimate of drug-likeness (QED) is 0.742. The summed E-state index contributed by atoms with van der Waals surface area (Å²) in [5, 5.41) is 5.18. The molecule has 2 aromatic carbocycles. The Kier molecular flexibility index (Phi) is 5.63. The minimum Gasteiger partial charge on any atom is -0.325 e. The molecule has 0 saturated carbocycles. The third kappa shape index (κ3) is 4.87. The number of carbonyl (C=O) groups is 2. The van der Waals surface area contributed by atoms with Crippen LogP contribution in [-0.4, -0.2) is 11.8 Å². The molecule has 4 nitrogen and oxygen atoms in total. The average Bonchev–Trinajstić information content (AvgIpc) is 2.57. The maximum Gasteiger partial charge on any atom is 0.416 e. The Morgan fingerprint density at radius 1 is 0.778 bits per heavy atom. The standard InChI is InChI=1S/C20H21F3N2O2/c1-12-5-8-16(11-13(12)2)25-18(27)19(3,4)17(26)24-15-9-6-14(7-10-15)20(21,22)23/h5-11H,1-4H3,(H,24,26)(H,25,27). The van der Waals surface area contributed by atoms with Gasteiger partial charge in [-0.3, -0.25) is 9.59 Å². The van der Waals surface area contributed by atoms with Crippen LogP contribution in [0.25, 0.3) is 0 Å². The number of amides is 2. The number of halogens is 3. The van der Waals surface area contributed by atoms with E-state index < -0.39 is 29.0 Å². The maximum absolute atomic E-state index is 12.6. The number of rotatable bonds is 4. The fraction of sp³-hybridized carbons (Fsp3) is 0.300. The molecule has 0 aliphatic carbocycles. The van der Waals surface area contributed by atoms with Gasteiger partial charge in [-0.05, 0) is 75.2 Å². The third-order valence-electron chi connectivity index (χ3n) is 4.37. The largest absolute Gasteiger partial charge is 0.416 e. The number of hydrogen-bond acceptors (Lipinski definition) is 2. The summed E-state index contributed by atoms with van der Waals surface area (Å²) in [6.45, 7) is 6.75. The molecule has 0 atom stereocenters. The highest BCUT2D eigenvalue weighted by Crippen LogP contribution is 2.30. The van der Waals surface area contributed by atoms with Crippen LogP contribution in [0.4, 0.5) is 24.5 Å². The molecule has 0 aliphatic rings. The van der Waals surface area contributed by atoms with Gasteiger partial charge in [0.05, 0.1) is 5.56 Å². The SMILES string of the molecule is Cc1ccc(NC(=O)C(C)(C)C(=O)Nc2ccc(C(F)(F)F)cc2)cc1C. The Labute approximate surface area is 155 Å². The van der Waals surface area contributed by atoms with E-state index in [1.807, 2.05) is 19.9 Å². The lowest BCUT2D eigenvalue weighted by Crippen LogP contribution is -2.41. The number of alkyl halides is 3. The summed E-state index contributed by atoms with van der Waals surface area (Å²) in [5.41, 5.74) is 0.583. The molecule has 0 aliphatic heterocycles. The van der Waals surface area contributed by atoms with E-state index in [9.17, 15) is 22.8 Å². The van der Waals surface area contributed by atoms with Gasteiger partial charge in [0.25, 0.3) is 0 Å². The summed E-state index contributed by atoms with van der Waals surface area (Å²) in [5.74, 6) is -1.14. The van der Waals surface area contributed by atoms with Crippen LogP contribution in [0.2, 0.25) is 0 Å². The van der Waals surface area contributed by atoms with Gasteiger partial charge in [0.2, 0.25) is 11.8 Å². The van der Waals surface area contributed by atoms with Gasteiger partial charge >= 0.3 is 6.18 Å². The highest BCUT2D eigenvalue weighted by molar-refractivity contribution is 6.14. The molecule has 0 fully saturated rings. The van der Waals surface area contributed by atoms with E-state index >= 15 is 0 Å². The van der Waals surface area contributed by atoms with E-state index in [2.05, 4.69) is 10.6 Å². The first-order chi connectivity index (χ1) is 12.4. The van der Waals surface area contributed by atoms with Gasteiger partial charge in [0.1, 0.15) is 5.41 Å². The van der Waals surface area contributed by atoms with Crippen molar-refractivity contribution in [2.75, 3.05) is 10.6 Å². The molecule has 0 saturated heterocycles. The molecule has 7 heteroatoms. The molecular weight excluding hydrogens is 357 g/mol. The Balaban J connectivity index is 2.09. The lowest BCUT2D eigenvalue weighted by Gasteiger charge is -2.23. The van der Waals surface area contributed by atoms with Crippen molar-refractivity contribution in [3.05, 3.63) is 59.2 Å². The molecule has 0 radical (unpaired) electrons. The zero-order valence-corrected chi connectivity index (χ0v) is 15.5. The first-order valence-corrected chi connectivity index (χ1v) is 8.28. The second-order valence-electron chi connectivity index (χ2n) is 6.91. The summed E-state index contributed by atoms with van der Waals surface area (Å²) >= 11 is 0. The highest BCUT2D eigenvalue weighted by Gasteiger charge is 2.36. The number of nitrogens with one attached hydrogen (secondary N) is 2. The second kappa shape index (κ2) is 7.42. The van der Waals surface area contributed by atoms with Crippen LogP contribution in [0.5, 0.6) is 0 Å². The van der Waals surface area contributed by atoms with Crippen LogP contribution >= 0.6 is 0 Å². The van der Waals surface area contributed by atoms with Crippen molar-refractivity contribution in [2.24, 2.45) is 5.41 Å². The molecule has 0 spiro atoms. The summed E-state index contributed by atoms with van der Waals surface area (Å²) in [6.07, 6.45) is -4.45. The zero-order valence-electron chi connectivity index (χ0n) is 15.5. The zero-order chi connectivity index (χ0) is 20.4. The van der Waals surface area contributed by atoms with Crippen LogP contribution in [0.1, 0.15) is 30.5 Å². The van der Waals surface area contributed by atoms with E-state index in [4.69, 9.17) is 0 Å². The van der Waals surface area contributed by atoms with Crippen LogP contribution in [-0.2, 0) is 15.8 Å². The molecular formula is C20H21F3N2O2. The first-order valence-electron chi connectivity index (χ1n) is 8.28. The van der Waals surface area contributed by atoms with Gasteiger partial charge in [-0.15, -0.1) is 0 Å². The Bertz CT molecular complexity index is 857. The maximum atomic E-state index is 12.6. The number of hydrogen-bond donors (Lipinski definition) is 2. The molecule has 2 rings (SSSR count). The summed E-state index contributed by atoms with van der Waals surface area (Å²) in [7, 11) is 0. The normalized spacial score (nSPS) is 11.8. The molecule has 0 bridgehead atoms. The van der Waals surface area contributed by atoms with Crippen LogP contribution < -0.4 is 10.6 Å². The smallest absolute Gasteiger partial charge is 0.325 e. The van der Waals surface area contributed by atoms with Crippen molar-refractivity contribution in [1.82, 2.24) is 0 Å². The van der Waals surface area contributed by atoms with Crippen molar-refractivity contribution in [2.45, 2.75) is 33.9 Å². The van der Waals surface area contributed by atoms with Crippen LogP contribution in [0.15, 0.2) is 42.5 Å². The summed E-state index contributed by atoms with van der Waals surface area (Å²) < 4.78 is 37.8. The van der Waals surface area contributed by atoms with Gasteiger partial charge in [-0.2, -0.15) is 13.2 Å². The Morgan fingerprint density at radius 2 is 1.26 bits per heavy atom. The van der Waals surface area contributed by atoms with E-state index in [0.29, 0.717) is 5.69 Å².